The van der Waals surface area contributed by atoms with Crippen LogP contribution in [-0.2, 0) is 14.9 Å². The van der Waals surface area contributed by atoms with Gasteiger partial charge < -0.3 is 15.4 Å². The summed E-state index contributed by atoms with van der Waals surface area (Å²) in [6, 6.07) is 8.29. The fourth-order valence-corrected chi connectivity index (χ4v) is 4.04. The molecule has 1 aromatic rings. The lowest BCUT2D eigenvalue weighted by Gasteiger charge is -2.38. The standard InChI is InChI=1S/C19H27ClN2O2.ClH/c20-16-6-4-15(5-7-16)19(8-2-1-3-9-19)14-22-18(23)12-17-13-24-11-10-21-17;/h4-7,17,21H,1-3,8-14H2,(H,22,23);1H. The average molecular weight is 387 g/mol. The molecule has 6 heteroatoms. The Kier molecular flexibility index (Phi) is 8.01. The van der Waals surface area contributed by atoms with Crippen LogP contribution >= 0.6 is 24.0 Å². The van der Waals surface area contributed by atoms with E-state index >= 15 is 0 Å². The van der Waals surface area contributed by atoms with Gasteiger partial charge in [0.05, 0.1) is 13.2 Å². The monoisotopic (exact) mass is 386 g/mol. The van der Waals surface area contributed by atoms with Gasteiger partial charge in [0.2, 0.25) is 5.91 Å². The molecule has 0 bridgehead atoms. The molecule has 1 atom stereocenters. The van der Waals surface area contributed by atoms with Gasteiger partial charge in [-0.25, -0.2) is 0 Å². The summed E-state index contributed by atoms with van der Waals surface area (Å²) in [6.45, 7) is 2.89. The van der Waals surface area contributed by atoms with Crippen molar-refractivity contribution in [3.05, 3.63) is 34.9 Å². The summed E-state index contributed by atoms with van der Waals surface area (Å²) in [7, 11) is 0. The summed E-state index contributed by atoms with van der Waals surface area (Å²) in [5.41, 5.74) is 1.35. The van der Waals surface area contributed by atoms with Gasteiger partial charge in [-0.05, 0) is 30.5 Å². The molecule has 1 aliphatic heterocycles. The van der Waals surface area contributed by atoms with E-state index in [1.54, 1.807) is 0 Å². The molecule has 140 valence electrons. The molecule has 1 unspecified atom stereocenters. The first-order chi connectivity index (χ1) is 11.7. The number of amides is 1. The van der Waals surface area contributed by atoms with Crippen LogP contribution in [0.4, 0.5) is 0 Å². The first-order valence-electron chi connectivity index (χ1n) is 9.02. The normalized spacial score (nSPS) is 22.7. The largest absolute Gasteiger partial charge is 0.378 e. The average Bonchev–Trinajstić information content (AvgIpc) is 2.62. The topological polar surface area (TPSA) is 50.4 Å². The van der Waals surface area contributed by atoms with Gasteiger partial charge in [0.1, 0.15) is 0 Å². The third-order valence-corrected chi connectivity index (χ3v) is 5.57. The van der Waals surface area contributed by atoms with Crippen LogP contribution in [-0.4, -0.2) is 38.3 Å². The number of hydrogen-bond acceptors (Lipinski definition) is 3. The Labute approximate surface area is 161 Å². The second kappa shape index (κ2) is 9.77. The van der Waals surface area contributed by atoms with E-state index in [9.17, 15) is 4.79 Å². The smallest absolute Gasteiger partial charge is 0.221 e. The van der Waals surface area contributed by atoms with Crippen LogP contribution in [0.15, 0.2) is 24.3 Å². The Balaban J connectivity index is 0.00000225. The molecule has 2 aliphatic rings. The summed E-state index contributed by atoms with van der Waals surface area (Å²) in [4.78, 5) is 12.4. The molecule has 25 heavy (non-hydrogen) atoms. The molecular formula is C19H28Cl2N2O2. The predicted molar refractivity (Wildman–Crippen MR) is 104 cm³/mol. The van der Waals surface area contributed by atoms with Gasteiger partial charge in [-0.15, -0.1) is 12.4 Å². The van der Waals surface area contributed by atoms with E-state index in [1.807, 2.05) is 12.1 Å². The maximum Gasteiger partial charge on any atom is 0.221 e. The van der Waals surface area contributed by atoms with Crippen molar-refractivity contribution in [1.29, 1.82) is 0 Å². The number of morpholine rings is 1. The van der Waals surface area contributed by atoms with Crippen LogP contribution in [0.1, 0.15) is 44.1 Å². The van der Waals surface area contributed by atoms with Gasteiger partial charge in [-0.2, -0.15) is 0 Å². The van der Waals surface area contributed by atoms with Crippen LogP contribution < -0.4 is 10.6 Å². The molecule has 1 aliphatic carbocycles. The van der Waals surface area contributed by atoms with Crippen LogP contribution in [0.3, 0.4) is 0 Å². The Morgan fingerprint density at radius 3 is 2.60 bits per heavy atom. The van der Waals surface area contributed by atoms with E-state index in [2.05, 4.69) is 22.8 Å². The minimum absolute atomic E-state index is 0. The Morgan fingerprint density at radius 2 is 1.96 bits per heavy atom. The number of ether oxygens (including phenoxy) is 1. The lowest BCUT2D eigenvalue weighted by Crippen LogP contribution is -2.47. The van der Waals surface area contributed by atoms with Gasteiger partial charge in [0, 0.05) is 36.0 Å². The third-order valence-electron chi connectivity index (χ3n) is 5.32. The summed E-state index contributed by atoms with van der Waals surface area (Å²) < 4.78 is 5.42. The summed E-state index contributed by atoms with van der Waals surface area (Å²) in [5.74, 6) is 0.108. The Bertz CT molecular complexity index is 539. The molecular weight excluding hydrogens is 359 g/mol. The molecule has 1 aromatic carbocycles. The fraction of sp³-hybridized carbons (Fsp3) is 0.632. The lowest BCUT2D eigenvalue weighted by atomic mass is 9.69. The summed E-state index contributed by atoms with van der Waals surface area (Å²) in [6.07, 6.45) is 6.45. The fourth-order valence-electron chi connectivity index (χ4n) is 3.91. The van der Waals surface area contributed by atoms with Crippen molar-refractivity contribution in [2.75, 3.05) is 26.3 Å². The van der Waals surface area contributed by atoms with Crippen molar-refractivity contribution in [1.82, 2.24) is 10.6 Å². The number of nitrogens with one attached hydrogen (secondary N) is 2. The highest BCUT2D eigenvalue weighted by Crippen LogP contribution is 2.39. The zero-order chi connectivity index (χ0) is 16.8. The SMILES string of the molecule is Cl.O=C(CC1COCCN1)NCC1(c2ccc(Cl)cc2)CCCCC1. The van der Waals surface area contributed by atoms with Crippen molar-refractivity contribution in [2.45, 2.75) is 50.0 Å². The molecule has 1 heterocycles. The predicted octanol–water partition coefficient (Wildman–Crippen LogP) is 3.46. The third kappa shape index (κ3) is 5.58. The minimum Gasteiger partial charge on any atom is -0.378 e. The van der Waals surface area contributed by atoms with Crippen molar-refractivity contribution < 1.29 is 9.53 Å². The van der Waals surface area contributed by atoms with Crippen LogP contribution in [0.5, 0.6) is 0 Å². The highest BCUT2D eigenvalue weighted by molar-refractivity contribution is 6.30. The van der Waals surface area contributed by atoms with Gasteiger partial charge in [-0.3, -0.25) is 4.79 Å². The molecule has 1 amide bonds. The van der Waals surface area contributed by atoms with Gasteiger partial charge in [0.15, 0.2) is 0 Å². The number of hydrogen-bond donors (Lipinski definition) is 2. The molecule has 1 saturated heterocycles. The molecule has 2 fully saturated rings. The van der Waals surface area contributed by atoms with Crippen LogP contribution in [0.25, 0.3) is 0 Å². The molecule has 0 spiro atoms. The second-order valence-electron chi connectivity index (χ2n) is 7.05. The van der Waals surface area contributed by atoms with Crippen molar-refractivity contribution in [3.63, 3.8) is 0 Å². The molecule has 2 N–H and O–H groups in total. The van der Waals surface area contributed by atoms with Crippen LogP contribution in [0.2, 0.25) is 5.02 Å². The first kappa shape index (κ1) is 20.5. The van der Waals surface area contributed by atoms with E-state index in [4.69, 9.17) is 16.3 Å². The van der Waals surface area contributed by atoms with E-state index in [1.165, 1.54) is 24.8 Å². The van der Waals surface area contributed by atoms with Gasteiger partial charge in [0.25, 0.3) is 0 Å². The number of carbonyl (C=O) groups excluding carboxylic acids is 1. The number of halogens is 2. The van der Waals surface area contributed by atoms with E-state index < -0.39 is 0 Å². The maximum absolute atomic E-state index is 12.4. The zero-order valence-electron chi connectivity index (χ0n) is 14.6. The van der Waals surface area contributed by atoms with E-state index in [-0.39, 0.29) is 29.8 Å². The zero-order valence-corrected chi connectivity index (χ0v) is 16.1. The number of rotatable bonds is 5. The van der Waals surface area contributed by atoms with E-state index in [0.29, 0.717) is 19.6 Å². The van der Waals surface area contributed by atoms with Gasteiger partial charge >= 0.3 is 0 Å². The number of benzene rings is 1. The Morgan fingerprint density at radius 1 is 1.24 bits per heavy atom. The lowest BCUT2D eigenvalue weighted by molar-refractivity contribution is -0.122. The second-order valence-corrected chi connectivity index (χ2v) is 7.49. The van der Waals surface area contributed by atoms with Crippen molar-refractivity contribution in [2.24, 2.45) is 0 Å². The molecule has 0 aromatic heterocycles. The van der Waals surface area contributed by atoms with Crippen molar-refractivity contribution in [3.8, 4) is 0 Å². The maximum atomic E-state index is 12.4. The van der Waals surface area contributed by atoms with Crippen molar-refractivity contribution >= 4 is 29.9 Å². The molecule has 1 saturated carbocycles. The highest BCUT2D eigenvalue weighted by Gasteiger charge is 2.34. The molecule has 3 rings (SSSR count). The quantitative estimate of drug-likeness (QED) is 0.814. The minimum atomic E-state index is 0. The summed E-state index contributed by atoms with van der Waals surface area (Å²) >= 11 is 6.04. The first-order valence-corrected chi connectivity index (χ1v) is 9.40. The highest BCUT2D eigenvalue weighted by atomic mass is 35.5. The molecule has 0 radical (unpaired) electrons. The van der Waals surface area contributed by atoms with Crippen LogP contribution in [0, 0.1) is 0 Å². The van der Waals surface area contributed by atoms with E-state index in [0.717, 1.165) is 31.0 Å². The Hall–Kier alpha value is -0.810. The van der Waals surface area contributed by atoms with Gasteiger partial charge in [-0.1, -0.05) is 43.0 Å². The summed E-state index contributed by atoms with van der Waals surface area (Å²) in [5, 5.41) is 7.28. The number of carbonyl (C=O) groups is 1. The molecule has 4 nitrogen and oxygen atoms in total.